The lowest BCUT2D eigenvalue weighted by Crippen LogP contribution is -2.32. The van der Waals surface area contributed by atoms with Crippen molar-refractivity contribution in [1.82, 2.24) is 0 Å². The molecule has 100 valence electrons. The molecule has 1 heterocycles. The molecule has 0 aliphatic carbocycles. The highest BCUT2D eigenvalue weighted by Gasteiger charge is 2.34. The van der Waals surface area contributed by atoms with Crippen LogP contribution in [-0.4, -0.2) is 28.9 Å². The summed E-state index contributed by atoms with van der Waals surface area (Å²) in [6, 6.07) is 6.81. The zero-order valence-corrected chi connectivity index (χ0v) is 11.0. The average molecular weight is 280 g/mol. The van der Waals surface area contributed by atoms with Gasteiger partial charge in [0.1, 0.15) is 5.57 Å². The normalized spacial score (nSPS) is 14.5. The van der Waals surface area contributed by atoms with Gasteiger partial charge in [0.2, 0.25) is 0 Å². The minimum absolute atomic E-state index is 0.329. The van der Waals surface area contributed by atoms with Crippen molar-refractivity contribution in [1.29, 1.82) is 0 Å². The number of carbonyl (C=O) groups is 2. The van der Waals surface area contributed by atoms with Crippen LogP contribution in [0.15, 0.2) is 35.2 Å². The third kappa shape index (κ3) is 2.90. The van der Waals surface area contributed by atoms with Crippen molar-refractivity contribution in [2.75, 3.05) is 5.75 Å². The number of carboxylic acid groups (broad SMARTS) is 1. The van der Waals surface area contributed by atoms with E-state index in [1.807, 2.05) is 6.92 Å². The van der Waals surface area contributed by atoms with Gasteiger partial charge in [-0.2, -0.15) is 0 Å². The van der Waals surface area contributed by atoms with Crippen molar-refractivity contribution in [2.24, 2.45) is 0 Å². The van der Waals surface area contributed by atoms with Gasteiger partial charge in [0.25, 0.3) is 5.78 Å². The fourth-order valence-electron chi connectivity index (χ4n) is 1.51. The standard InChI is InChI=1S/C13H12O5S/c1-2-19-7-8(12(15)16)11(14)13-17-9-5-3-4-6-10(9)18-13/h3-7,13H,2H2,1H3,(H,15,16). The molecule has 19 heavy (non-hydrogen) atoms. The number of ketones is 1. The Morgan fingerprint density at radius 2 is 1.89 bits per heavy atom. The van der Waals surface area contributed by atoms with Crippen molar-refractivity contribution in [3.8, 4) is 11.5 Å². The highest BCUT2D eigenvalue weighted by molar-refractivity contribution is 8.02. The summed E-state index contributed by atoms with van der Waals surface area (Å²) in [6.07, 6.45) is -1.22. The van der Waals surface area contributed by atoms with E-state index in [-0.39, 0.29) is 5.57 Å². The first-order chi connectivity index (χ1) is 9.13. The van der Waals surface area contributed by atoms with Gasteiger partial charge in [-0.05, 0) is 23.3 Å². The molecule has 0 saturated carbocycles. The Balaban J connectivity index is 2.15. The van der Waals surface area contributed by atoms with E-state index in [0.29, 0.717) is 17.3 Å². The average Bonchev–Trinajstić information content (AvgIpc) is 2.82. The molecule has 0 radical (unpaired) electrons. The summed E-state index contributed by atoms with van der Waals surface area (Å²) in [7, 11) is 0. The molecule has 6 heteroatoms. The molecule has 0 saturated heterocycles. The van der Waals surface area contributed by atoms with E-state index < -0.39 is 18.0 Å². The maximum atomic E-state index is 12.0. The predicted octanol–water partition coefficient (Wildman–Crippen LogP) is 2.07. The van der Waals surface area contributed by atoms with Gasteiger partial charge in [-0.25, -0.2) is 4.79 Å². The molecule has 1 aliphatic heterocycles. The fraction of sp³-hybridized carbons (Fsp3) is 0.231. The Hall–Kier alpha value is -1.95. The van der Waals surface area contributed by atoms with Crippen LogP contribution in [0.25, 0.3) is 0 Å². The fourth-order valence-corrected chi connectivity index (χ4v) is 2.06. The number of aliphatic carboxylic acids is 1. The molecule has 0 unspecified atom stereocenters. The van der Waals surface area contributed by atoms with Crippen LogP contribution in [0, 0.1) is 0 Å². The van der Waals surface area contributed by atoms with Gasteiger partial charge < -0.3 is 14.6 Å². The van der Waals surface area contributed by atoms with Crippen molar-refractivity contribution in [3.63, 3.8) is 0 Å². The molecule has 0 aromatic heterocycles. The number of hydrogen-bond donors (Lipinski definition) is 1. The van der Waals surface area contributed by atoms with Gasteiger partial charge in [-0.1, -0.05) is 19.1 Å². The van der Waals surface area contributed by atoms with Crippen molar-refractivity contribution in [2.45, 2.75) is 13.2 Å². The number of rotatable bonds is 5. The van der Waals surface area contributed by atoms with Crippen molar-refractivity contribution < 1.29 is 24.2 Å². The topological polar surface area (TPSA) is 72.8 Å². The summed E-state index contributed by atoms with van der Waals surface area (Å²) < 4.78 is 10.6. The van der Waals surface area contributed by atoms with Crippen LogP contribution >= 0.6 is 11.8 Å². The lowest BCUT2D eigenvalue weighted by atomic mass is 10.2. The smallest absolute Gasteiger partial charge is 0.340 e. The molecule has 1 aromatic rings. The van der Waals surface area contributed by atoms with Crippen molar-refractivity contribution >= 4 is 23.5 Å². The molecule has 1 N–H and O–H groups in total. The zero-order valence-electron chi connectivity index (χ0n) is 10.2. The van der Waals surface area contributed by atoms with E-state index in [2.05, 4.69) is 0 Å². The van der Waals surface area contributed by atoms with Crippen LogP contribution in [-0.2, 0) is 9.59 Å². The first kappa shape index (κ1) is 13.5. The Labute approximate surface area is 114 Å². The molecule has 0 amide bonds. The predicted molar refractivity (Wildman–Crippen MR) is 70.3 cm³/mol. The molecule has 0 fully saturated rings. The quantitative estimate of drug-likeness (QED) is 0.506. The number of benzene rings is 1. The largest absolute Gasteiger partial charge is 0.478 e. The summed E-state index contributed by atoms with van der Waals surface area (Å²) >= 11 is 1.24. The van der Waals surface area contributed by atoms with Gasteiger partial charge in [-0.15, -0.1) is 11.8 Å². The Bertz CT molecular complexity index is 513. The van der Waals surface area contributed by atoms with Crippen LogP contribution in [0.3, 0.4) is 0 Å². The van der Waals surface area contributed by atoms with Gasteiger partial charge >= 0.3 is 12.3 Å². The van der Waals surface area contributed by atoms with Gasteiger partial charge in [0, 0.05) is 0 Å². The minimum Gasteiger partial charge on any atom is -0.478 e. The van der Waals surface area contributed by atoms with E-state index in [0.717, 1.165) is 0 Å². The third-order valence-electron chi connectivity index (χ3n) is 2.39. The zero-order chi connectivity index (χ0) is 13.8. The first-order valence-corrected chi connectivity index (χ1v) is 6.70. The molecule has 1 aromatic carbocycles. The highest BCUT2D eigenvalue weighted by atomic mass is 32.2. The number of thioether (sulfide) groups is 1. The molecule has 0 spiro atoms. The molecule has 2 rings (SSSR count). The molecule has 0 atom stereocenters. The lowest BCUT2D eigenvalue weighted by Gasteiger charge is -2.09. The summed E-state index contributed by atoms with van der Waals surface area (Å²) in [5, 5.41) is 10.4. The van der Waals surface area contributed by atoms with Gasteiger partial charge in [-0.3, -0.25) is 4.79 Å². The van der Waals surface area contributed by atoms with Crippen LogP contribution in [0.5, 0.6) is 11.5 Å². The van der Waals surface area contributed by atoms with E-state index in [1.165, 1.54) is 17.2 Å². The van der Waals surface area contributed by atoms with Crippen molar-refractivity contribution in [3.05, 3.63) is 35.2 Å². The van der Waals surface area contributed by atoms with Crippen LogP contribution in [0.1, 0.15) is 6.92 Å². The summed E-state index contributed by atoms with van der Waals surface area (Å²) in [4.78, 5) is 23.1. The summed E-state index contributed by atoms with van der Waals surface area (Å²) in [5.41, 5.74) is -0.329. The van der Waals surface area contributed by atoms with E-state index in [4.69, 9.17) is 14.6 Å². The Morgan fingerprint density at radius 3 is 2.37 bits per heavy atom. The number of hydrogen-bond acceptors (Lipinski definition) is 5. The molecular formula is C13H12O5S. The SMILES string of the molecule is CCSC=C(C(=O)O)C(=O)C1Oc2ccccc2O1. The van der Waals surface area contributed by atoms with E-state index in [9.17, 15) is 9.59 Å². The number of carbonyl (C=O) groups excluding carboxylic acids is 1. The second-order valence-corrected chi connectivity index (χ2v) is 4.82. The minimum atomic E-state index is -1.28. The number of carboxylic acids is 1. The number of fused-ring (bicyclic) bond motifs is 1. The number of Topliss-reactive ketones (excluding diaryl/α,β-unsaturated/α-hetero) is 1. The van der Waals surface area contributed by atoms with E-state index in [1.54, 1.807) is 24.3 Å². The molecule has 1 aliphatic rings. The Morgan fingerprint density at radius 1 is 1.32 bits per heavy atom. The summed E-state index contributed by atoms with van der Waals surface area (Å²) in [6.45, 7) is 1.86. The van der Waals surface area contributed by atoms with Crippen LogP contribution in [0.2, 0.25) is 0 Å². The second kappa shape index (κ2) is 5.79. The Kier molecular flexibility index (Phi) is 4.11. The van der Waals surface area contributed by atoms with E-state index >= 15 is 0 Å². The summed E-state index contributed by atoms with van der Waals surface area (Å²) in [5.74, 6) is -0.419. The van der Waals surface area contributed by atoms with Crippen LogP contribution in [0.4, 0.5) is 0 Å². The first-order valence-electron chi connectivity index (χ1n) is 5.65. The van der Waals surface area contributed by atoms with Crippen LogP contribution < -0.4 is 9.47 Å². The maximum absolute atomic E-state index is 12.0. The second-order valence-electron chi connectivity index (χ2n) is 3.67. The third-order valence-corrected chi connectivity index (χ3v) is 3.13. The number of para-hydroxylation sites is 2. The van der Waals surface area contributed by atoms with Gasteiger partial charge in [0.05, 0.1) is 0 Å². The van der Waals surface area contributed by atoms with Gasteiger partial charge in [0.15, 0.2) is 11.5 Å². The lowest BCUT2D eigenvalue weighted by molar-refractivity contribution is -0.139. The molecule has 0 bridgehead atoms. The molecular weight excluding hydrogens is 268 g/mol. The highest BCUT2D eigenvalue weighted by Crippen LogP contribution is 2.34. The number of ether oxygens (including phenoxy) is 2. The maximum Gasteiger partial charge on any atom is 0.340 e. The molecule has 5 nitrogen and oxygen atoms in total. The monoisotopic (exact) mass is 280 g/mol.